The highest BCUT2D eigenvalue weighted by atomic mass is 32.2. The fraction of sp³-hybridized carbons (Fsp3) is 0.435. The summed E-state index contributed by atoms with van der Waals surface area (Å²) in [6.07, 6.45) is 3.55. The number of carbonyl (C=O) groups excluding carboxylic acids is 1. The fourth-order valence-corrected chi connectivity index (χ4v) is 5.11. The first-order valence-electron chi connectivity index (χ1n) is 10.5. The van der Waals surface area contributed by atoms with Gasteiger partial charge in [-0.3, -0.25) is 14.0 Å². The Kier molecular flexibility index (Phi) is 7.56. The monoisotopic (exact) mass is 445 g/mol. The minimum atomic E-state index is -3.66. The standard InChI is InChI=1S/C23H31N3O4S/c1-18(26(31(3,28)29)21-10-12-22(30-2)13-11-21)23(27)24-16-19-8-4-5-9-20(19)17-25-14-6-7-15-25/h4-5,8-13,18H,6-7,14-17H2,1-3H3,(H,24,27)/t18-/m1/s1. The van der Waals surface area contributed by atoms with Gasteiger partial charge in [0, 0.05) is 13.1 Å². The number of nitrogens with zero attached hydrogens (tertiary/aromatic N) is 2. The molecule has 31 heavy (non-hydrogen) atoms. The predicted octanol–water partition coefficient (Wildman–Crippen LogP) is 2.76. The highest BCUT2D eigenvalue weighted by Gasteiger charge is 2.29. The molecule has 0 saturated carbocycles. The van der Waals surface area contributed by atoms with Crippen LogP contribution in [0.1, 0.15) is 30.9 Å². The van der Waals surface area contributed by atoms with Crippen LogP contribution in [0.5, 0.6) is 5.75 Å². The van der Waals surface area contributed by atoms with Gasteiger partial charge in [0.25, 0.3) is 0 Å². The number of methoxy groups -OCH3 is 1. The second kappa shape index (κ2) is 10.2. The third-order valence-electron chi connectivity index (χ3n) is 5.58. The first-order chi connectivity index (χ1) is 14.8. The first kappa shape index (κ1) is 23.1. The molecule has 1 heterocycles. The minimum absolute atomic E-state index is 0.350. The second-order valence-electron chi connectivity index (χ2n) is 7.90. The van der Waals surface area contributed by atoms with Crippen LogP contribution in [0.3, 0.4) is 0 Å². The van der Waals surface area contributed by atoms with E-state index in [1.54, 1.807) is 38.3 Å². The van der Waals surface area contributed by atoms with Crippen molar-refractivity contribution < 1.29 is 17.9 Å². The second-order valence-corrected chi connectivity index (χ2v) is 9.76. The summed E-state index contributed by atoms with van der Waals surface area (Å²) in [6, 6.07) is 13.8. The Hall–Kier alpha value is -2.58. The van der Waals surface area contributed by atoms with Gasteiger partial charge in [-0.1, -0.05) is 24.3 Å². The Balaban J connectivity index is 1.71. The molecule has 1 atom stereocenters. The maximum Gasteiger partial charge on any atom is 0.243 e. The van der Waals surface area contributed by atoms with E-state index in [9.17, 15) is 13.2 Å². The normalized spacial score (nSPS) is 15.5. The SMILES string of the molecule is COc1ccc(N([C@H](C)C(=O)NCc2ccccc2CN2CCCC2)S(C)(=O)=O)cc1. The summed E-state index contributed by atoms with van der Waals surface area (Å²) in [7, 11) is -2.12. The number of hydrogen-bond donors (Lipinski definition) is 1. The molecule has 0 unspecified atom stereocenters. The van der Waals surface area contributed by atoms with Gasteiger partial charge in [-0.15, -0.1) is 0 Å². The Morgan fingerprint density at radius 2 is 1.71 bits per heavy atom. The van der Waals surface area contributed by atoms with E-state index >= 15 is 0 Å². The highest BCUT2D eigenvalue weighted by Crippen LogP contribution is 2.24. The molecule has 168 valence electrons. The molecule has 2 aromatic rings. The lowest BCUT2D eigenvalue weighted by molar-refractivity contribution is -0.122. The average molecular weight is 446 g/mol. The molecule has 0 aliphatic carbocycles. The van der Waals surface area contributed by atoms with Gasteiger partial charge in [0.1, 0.15) is 11.8 Å². The van der Waals surface area contributed by atoms with Crippen molar-refractivity contribution in [3.05, 3.63) is 59.7 Å². The molecule has 1 N–H and O–H groups in total. The van der Waals surface area contributed by atoms with E-state index in [0.29, 0.717) is 18.0 Å². The van der Waals surface area contributed by atoms with Crippen molar-refractivity contribution in [3.63, 3.8) is 0 Å². The molecule has 3 rings (SSSR count). The number of hydrogen-bond acceptors (Lipinski definition) is 5. The van der Waals surface area contributed by atoms with Crippen LogP contribution in [0.25, 0.3) is 0 Å². The predicted molar refractivity (Wildman–Crippen MR) is 123 cm³/mol. The summed E-state index contributed by atoms with van der Waals surface area (Å²) in [5, 5.41) is 2.92. The van der Waals surface area contributed by atoms with Crippen molar-refractivity contribution in [3.8, 4) is 5.75 Å². The van der Waals surface area contributed by atoms with E-state index in [4.69, 9.17) is 4.74 Å². The molecule has 0 aromatic heterocycles. The Labute approximate surface area is 185 Å². The highest BCUT2D eigenvalue weighted by molar-refractivity contribution is 7.92. The van der Waals surface area contributed by atoms with Crippen molar-refractivity contribution >= 4 is 21.6 Å². The van der Waals surface area contributed by atoms with Gasteiger partial charge in [-0.05, 0) is 68.2 Å². The topological polar surface area (TPSA) is 79.0 Å². The maximum absolute atomic E-state index is 12.9. The molecule has 0 radical (unpaired) electrons. The third-order valence-corrected chi connectivity index (χ3v) is 6.82. The third kappa shape index (κ3) is 5.98. The van der Waals surface area contributed by atoms with E-state index in [1.165, 1.54) is 18.4 Å². The summed E-state index contributed by atoms with van der Waals surface area (Å²) in [4.78, 5) is 15.3. The zero-order chi connectivity index (χ0) is 22.4. The van der Waals surface area contributed by atoms with Gasteiger partial charge in [-0.2, -0.15) is 0 Å². The molecule has 1 aliphatic rings. The quantitative estimate of drug-likeness (QED) is 0.642. The summed E-state index contributed by atoms with van der Waals surface area (Å²) in [6.45, 7) is 5.01. The van der Waals surface area contributed by atoms with Crippen LogP contribution >= 0.6 is 0 Å². The molecule has 8 heteroatoms. The number of rotatable bonds is 9. The summed E-state index contributed by atoms with van der Waals surface area (Å²) in [5.41, 5.74) is 2.65. The minimum Gasteiger partial charge on any atom is -0.497 e. The average Bonchev–Trinajstić information content (AvgIpc) is 3.25. The molecular formula is C23H31N3O4S. The number of ether oxygens (including phenoxy) is 1. The number of amides is 1. The zero-order valence-electron chi connectivity index (χ0n) is 18.4. The van der Waals surface area contributed by atoms with E-state index < -0.39 is 16.1 Å². The van der Waals surface area contributed by atoms with Crippen LogP contribution in [-0.2, 0) is 27.9 Å². The molecule has 7 nitrogen and oxygen atoms in total. The Morgan fingerprint density at radius 3 is 2.29 bits per heavy atom. The van der Waals surface area contributed by atoms with E-state index in [0.717, 1.165) is 35.8 Å². The molecule has 1 amide bonds. The molecule has 0 spiro atoms. The van der Waals surface area contributed by atoms with Crippen molar-refractivity contribution in [2.75, 3.05) is 30.8 Å². The van der Waals surface area contributed by atoms with Crippen LogP contribution in [0.15, 0.2) is 48.5 Å². The van der Waals surface area contributed by atoms with Crippen LogP contribution < -0.4 is 14.4 Å². The van der Waals surface area contributed by atoms with Crippen molar-refractivity contribution in [1.29, 1.82) is 0 Å². The summed E-state index contributed by atoms with van der Waals surface area (Å²) < 4.78 is 31.2. The van der Waals surface area contributed by atoms with E-state index in [1.807, 2.05) is 18.2 Å². The number of anilines is 1. The first-order valence-corrected chi connectivity index (χ1v) is 12.3. The van der Waals surface area contributed by atoms with Crippen LogP contribution in [0.2, 0.25) is 0 Å². The lowest BCUT2D eigenvalue weighted by Crippen LogP contribution is -2.47. The number of nitrogens with one attached hydrogen (secondary N) is 1. The summed E-state index contributed by atoms with van der Waals surface area (Å²) in [5.74, 6) is 0.265. The molecule has 1 aliphatic heterocycles. The number of likely N-dealkylation sites (tertiary alicyclic amines) is 1. The molecule has 0 bridgehead atoms. The number of benzene rings is 2. The van der Waals surface area contributed by atoms with Gasteiger partial charge in [0.2, 0.25) is 15.9 Å². The van der Waals surface area contributed by atoms with Gasteiger partial charge >= 0.3 is 0 Å². The van der Waals surface area contributed by atoms with E-state index in [-0.39, 0.29) is 5.91 Å². The van der Waals surface area contributed by atoms with Crippen LogP contribution in [-0.4, -0.2) is 51.7 Å². The Bertz CT molecular complexity index is 986. The van der Waals surface area contributed by atoms with Crippen molar-refractivity contribution in [1.82, 2.24) is 10.2 Å². The largest absolute Gasteiger partial charge is 0.497 e. The fourth-order valence-electron chi connectivity index (χ4n) is 3.93. The molecular weight excluding hydrogens is 414 g/mol. The van der Waals surface area contributed by atoms with E-state index in [2.05, 4.69) is 16.3 Å². The smallest absolute Gasteiger partial charge is 0.243 e. The number of sulfonamides is 1. The maximum atomic E-state index is 12.9. The Morgan fingerprint density at radius 1 is 1.10 bits per heavy atom. The van der Waals surface area contributed by atoms with Crippen LogP contribution in [0, 0.1) is 0 Å². The van der Waals surface area contributed by atoms with Gasteiger partial charge in [0.15, 0.2) is 0 Å². The van der Waals surface area contributed by atoms with Crippen molar-refractivity contribution in [2.24, 2.45) is 0 Å². The molecule has 1 saturated heterocycles. The van der Waals surface area contributed by atoms with Gasteiger partial charge in [-0.25, -0.2) is 8.42 Å². The zero-order valence-corrected chi connectivity index (χ0v) is 19.2. The molecule has 2 aromatic carbocycles. The lowest BCUT2D eigenvalue weighted by atomic mass is 10.1. The van der Waals surface area contributed by atoms with Crippen molar-refractivity contribution in [2.45, 2.75) is 38.9 Å². The van der Waals surface area contributed by atoms with Gasteiger partial charge in [0.05, 0.1) is 19.1 Å². The van der Waals surface area contributed by atoms with Crippen LogP contribution in [0.4, 0.5) is 5.69 Å². The lowest BCUT2D eigenvalue weighted by Gasteiger charge is -2.28. The molecule has 1 fully saturated rings. The van der Waals surface area contributed by atoms with Gasteiger partial charge < -0.3 is 10.1 Å². The summed E-state index contributed by atoms with van der Waals surface area (Å²) >= 11 is 0. The number of carbonyl (C=O) groups is 1.